The van der Waals surface area contributed by atoms with Gasteiger partial charge in [-0.15, -0.1) is 0 Å². The first-order chi connectivity index (χ1) is 12.9. The minimum absolute atomic E-state index is 0.173. The van der Waals surface area contributed by atoms with Crippen LogP contribution >= 0.6 is 0 Å². The smallest absolute Gasteiger partial charge is 0.256 e. The molecule has 1 aromatic carbocycles. The summed E-state index contributed by atoms with van der Waals surface area (Å²) in [6.07, 6.45) is 3.44. The molecule has 1 amide bonds. The van der Waals surface area contributed by atoms with Crippen molar-refractivity contribution in [1.82, 2.24) is 19.7 Å². The average molecular weight is 359 g/mol. The fraction of sp³-hybridized carbons (Fsp3) is 0.238. The van der Waals surface area contributed by atoms with Gasteiger partial charge in [-0.2, -0.15) is 5.10 Å². The van der Waals surface area contributed by atoms with Gasteiger partial charge in [0, 0.05) is 22.5 Å². The van der Waals surface area contributed by atoms with Crippen molar-refractivity contribution in [3.05, 3.63) is 59.5 Å². The number of benzene rings is 1. The van der Waals surface area contributed by atoms with Gasteiger partial charge in [0.1, 0.15) is 0 Å². The van der Waals surface area contributed by atoms with Crippen molar-refractivity contribution in [2.24, 2.45) is 0 Å². The third-order valence-corrected chi connectivity index (χ3v) is 4.52. The quantitative estimate of drug-likeness (QED) is 0.587. The molecule has 0 aliphatic rings. The van der Waals surface area contributed by atoms with Gasteiger partial charge in [0.25, 0.3) is 5.91 Å². The van der Waals surface area contributed by atoms with Crippen LogP contribution in [0.2, 0.25) is 0 Å². The van der Waals surface area contributed by atoms with Gasteiger partial charge in [-0.3, -0.25) is 9.78 Å². The van der Waals surface area contributed by atoms with Gasteiger partial charge in [-0.1, -0.05) is 11.6 Å². The molecule has 136 valence electrons. The van der Waals surface area contributed by atoms with E-state index in [0.29, 0.717) is 11.3 Å². The maximum Gasteiger partial charge on any atom is 0.256 e. The molecular formula is C21H21N5O. The zero-order chi connectivity index (χ0) is 19.1. The molecule has 0 aliphatic heterocycles. The van der Waals surface area contributed by atoms with Crippen LogP contribution in [0.5, 0.6) is 0 Å². The van der Waals surface area contributed by atoms with Gasteiger partial charge in [0.05, 0.1) is 29.2 Å². The first kappa shape index (κ1) is 17.1. The van der Waals surface area contributed by atoms with E-state index in [0.717, 1.165) is 33.2 Å². The number of aryl methyl sites for hydroxylation is 2. The molecule has 3 heterocycles. The Morgan fingerprint density at radius 3 is 2.70 bits per heavy atom. The Kier molecular flexibility index (Phi) is 4.11. The normalized spacial score (nSPS) is 11.4. The highest BCUT2D eigenvalue weighted by atomic mass is 16.1. The zero-order valence-corrected chi connectivity index (χ0v) is 15.8. The lowest BCUT2D eigenvalue weighted by atomic mass is 10.0. The lowest BCUT2D eigenvalue weighted by Gasteiger charge is -2.10. The van der Waals surface area contributed by atoms with Crippen molar-refractivity contribution in [3.63, 3.8) is 0 Å². The Labute approximate surface area is 157 Å². The number of anilines is 1. The van der Waals surface area contributed by atoms with E-state index in [1.54, 1.807) is 12.4 Å². The van der Waals surface area contributed by atoms with Gasteiger partial charge in [0.15, 0.2) is 5.65 Å². The highest BCUT2D eigenvalue weighted by molar-refractivity contribution is 6.12. The van der Waals surface area contributed by atoms with Crippen LogP contribution in [0.25, 0.3) is 21.9 Å². The van der Waals surface area contributed by atoms with E-state index < -0.39 is 0 Å². The number of carbonyl (C=O) groups excluding carboxylic acids is 1. The number of hydrogen-bond acceptors (Lipinski definition) is 4. The summed E-state index contributed by atoms with van der Waals surface area (Å²) in [4.78, 5) is 22.0. The minimum Gasteiger partial charge on any atom is -0.321 e. The number of nitrogens with zero attached hydrogens (tertiary/aromatic N) is 4. The summed E-state index contributed by atoms with van der Waals surface area (Å²) in [7, 11) is 0. The third kappa shape index (κ3) is 3.14. The predicted molar refractivity (Wildman–Crippen MR) is 107 cm³/mol. The minimum atomic E-state index is -0.173. The van der Waals surface area contributed by atoms with E-state index in [1.165, 1.54) is 0 Å². The van der Waals surface area contributed by atoms with Crippen molar-refractivity contribution in [3.8, 4) is 0 Å². The molecule has 4 aromatic rings. The van der Waals surface area contributed by atoms with Gasteiger partial charge < -0.3 is 5.32 Å². The summed E-state index contributed by atoms with van der Waals surface area (Å²) in [5.41, 5.74) is 4.78. The number of nitrogens with one attached hydrogen (secondary N) is 1. The number of fused-ring (bicyclic) bond motifs is 2. The van der Waals surface area contributed by atoms with E-state index in [1.807, 2.05) is 48.9 Å². The van der Waals surface area contributed by atoms with Crippen molar-refractivity contribution in [1.29, 1.82) is 0 Å². The molecular weight excluding hydrogens is 338 g/mol. The number of hydrogen-bond donors (Lipinski definition) is 1. The van der Waals surface area contributed by atoms with Crippen LogP contribution in [0.1, 0.15) is 41.5 Å². The molecule has 3 aromatic heterocycles. The topological polar surface area (TPSA) is 72.7 Å². The number of aromatic nitrogens is 4. The summed E-state index contributed by atoms with van der Waals surface area (Å²) in [6, 6.07) is 9.88. The predicted octanol–water partition coefficient (Wildman–Crippen LogP) is 4.43. The number of carbonyl (C=O) groups is 1. The van der Waals surface area contributed by atoms with Crippen LogP contribution in [-0.2, 0) is 0 Å². The molecule has 6 heteroatoms. The number of pyridine rings is 2. The second-order valence-corrected chi connectivity index (χ2v) is 7.11. The van der Waals surface area contributed by atoms with Crippen LogP contribution in [0.15, 0.2) is 42.7 Å². The molecule has 6 nitrogen and oxygen atoms in total. The summed E-state index contributed by atoms with van der Waals surface area (Å²) in [5, 5.41) is 9.07. The van der Waals surface area contributed by atoms with Gasteiger partial charge in [0.2, 0.25) is 0 Å². The number of rotatable bonds is 3. The molecule has 0 saturated heterocycles. The fourth-order valence-electron chi connectivity index (χ4n) is 3.24. The van der Waals surface area contributed by atoms with E-state index in [4.69, 9.17) is 0 Å². The summed E-state index contributed by atoms with van der Waals surface area (Å²) < 4.78 is 1.86. The Morgan fingerprint density at radius 1 is 1.11 bits per heavy atom. The standard InChI is InChI=1S/C21H21N5O/c1-12(2)26-20-15(10-23-26)9-16(11-22-20)25-21(27)18-8-14(4)24-19-6-5-13(3)7-17(18)19/h5-12H,1-4H3,(H,25,27). The molecule has 0 aliphatic carbocycles. The van der Waals surface area contributed by atoms with Crippen LogP contribution in [0.4, 0.5) is 5.69 Å². The maximum absolute atomic E-state index is 13.0. The second-order valence-electron chi connectivity index (χ2n) is 7.11. The fourth-order valence-corrected chi connectivity index (χ4v) is 3.24. The highest BCUT2D eigenvalue weighted by Crippen LogP contribution is 2.23. The van der Waals surface area contributed by atoms with Crippen LogP contribution in [0.3, 0.4) is 0 Å². The first-order valence-electron chi connectivity index (χ1n) is 8.95. The molecule has 0 radical (unpaired) electrons. The van der Waals surface area contributed by atoms with E-state index in [9.17, 15) is 4.79 Å². The molecule has 0 fully saturated rings. The van der Waals surface area contributed by atoms with Crippen LogP contribution in [-0.4, -0.2) is 25.7 Å². The van der Waals surface area contributed by atoms with Crippen molar-refractivity contribution in [2.45, 2.75) is 33.7 Å². The highest BCUT2D eigenvalue weighted by Gasteiger charge is 2.14. The maximum atomic E-state index is 13.0. The van der Waals surface area contributed by atoms with Crippen molar-refractivity contribution < 1.29 is 4.79 Å². The van der Waals surface area contributed by atoms with Gasteiger partial charge >= 0.3 is 0 Å². The van der Waals surface area contributed by atoms with Crippen LogP contribution in [0, 0.1) is 13.8 Å². The molecule has 0 unspecified atom stereocenters. The van der Waals surface area contributed by atoms with E-state index >= 15 is 0 Å². The second kappa shape index (κ2) is 6.46. The molecule has 0 spiro atoms. The van der Waals surface area contributed by atoms with Gasteiger partial charge in [-0.05, 0) is 52.0 Å². The molecule has 1 N–H and O–H groups in total. The summed E-state index contributed by atoms with van der Waals surface area (Å²) >= 11 is 0. The monoisotopic (exact) mass is 359 g/mol. The van der Waals surface area contributed by atoms with E-state index in [2.05, 4.69) is 34.2 Å². The SMILES string of the molecule is Cc1ccc2nc(C)cc(C(=O)Nc3cnc4c(cnn4C(C)C)c3)c2c1. The molecule has 0 saturated carbocycles. The average Bonchev–Trinajstić information content (AvgIpc) is 3.04. The lowest BCUT2D eigenvalue weighted by molar-refractivity contribution is 0.102. The zero-order valence-electron chi connectivity index (χ0n) is 15.8. The van der Waals surface area contributed by atoms with E-state index in [-0.39, 0.29) is 11.9 Å². The Hall–Kier alpha value is -3.28. The third-order valence-electron chi connectivity index (χ3n) is 4.52. The molecule has 0 bridgehead atoms. The Morgan fingerprint density at radius 2 is 1.93 bits per heavy atom. The first-order valence-corrected chi connectivity index (χ1v) is 8.95. The summed E-state index contributed by atoms with van der Waals surface area (Å²) in [5.74, 6) is -0.173. The molecule has 0 atom stereocenters. The Bertz CT molecular complexity index is 1180. The van der Waals surface area contributed by atoms with Crippen molar-refractivity contribution >= 4 is 33.5 Å². The Balaban J connectivity index is 1.71. The molecule has 27 heavy (non-hydrogen) atoms. The van der Waals surface area contributed by atoms with Crippen LogP contribution < -0.4 is 5.32 Å². The number of amides is 1. The lowest BCUT2D eigenvalue weighted by Crippen LogP contribution is -2.13. The van der Waals surface area contributed by atoms with Crippen molar-refractivity contribution in [2.75, 3.05) is 5.32 Å². The molecule has 4 rings (SSSR count). The largest absolute Gasteiger partial charge is 0.321 e. The van der Waals surface area contributed by atoms with Gasteiger partial charge in [-0.25, -0.2) is 9.67 Å². The summed E-state index contributed by atoms with van der Waals surface area (Å²) in [6.45, 7) is 8.01.